The molecule has 4 nitrogen and oxygen atoms in total. The van der Waals surface area contributed by atoms with Crippen LogP contribution in [-0.4, -0.2) is 39.0 Å². The van der Waals surface area contributed by atoms with Crippen LogP contribution in [0.5, 0.6) is 0 Å². The lowest BCUT2D eigenvalue weighted by atomic mass is 10.1. The molecule has 3 rings (SSSR count). The third-order valence-corrected chi connectivity index (χ3v) is 8.08. The molecule has 1 aliphatic carbocycles. The van der Waals surface area contributed by atoms with Crippen molar-refractivity contribution in [1.82, 2.24) is 9.62 Å². The Morgan fingerprint density at radius 2 is 2.20 bits per heavy atom. The van der Waals surface area contributed by atoms with Crippen LogP contribution in [0.2, 0.25) is 0 Å². The summed E-state index contributed by atoms with van der Waals surface area (Å²) in [6.45, 7) is 4.63. The third-order valence-electron chi connectivity index (χ3n) is 4.04. The van der Waals surface area contributed by atoms with Crippen molar-refractivity contribution in [3.05, 3.63) is 15.4 Å². The van der Waals surface area contributed by atoms with Gasteiger partial charge in [-0.1, -0.05) is 0 Å². The quantitative estimate of drug-likeness (QED) is 0.856. The van der Waals surface area contributed by atoms with Gasteiger partial charge in [-0.05, 0) is 66.2 Å². The van der Waals surface area contributed by atoms with Crippen LogP contribution in [0.3, 0.4) is 0 Å². The summed E-state index contributed by atoms with van der Waals surface area (Å²) in [6.07, 6.45) is 3.74. The summed E-state index contributed by atoms with van der Waals surface area (Å²) >= 11 is 4.65. The Balaban J connectivity index is 1.57. The highest BCUT2D eigenvalue weighted by molar-refractivity contribution is 9.11. The maximum Gasteiger partial charge on any atom is 0.250 e. The number of rotatable bonds is 5. The Morgan fingerprint density at radius 1 is 1.45 bits per heavy atom. The molecule has 1 aromatic heterocycles. The molecule has 0 bridgehead atoms. The number of hydrogen-bond donors (Lipinski definition) is 1. The van der Waals surface area contributed by atoms with E-state index < -0.39 is 10.0 Å². The molecule has 7 heteroatoms. The zero-order valence-corrected chi connectivity index (χ0v) is 14.7. The summed E-state index contributed by atoms with van der Waals surface area (Å²) in [7, 11) is -3.35. The molecule has 20 heavy (non-hydrogen) atoms. The summed E-state index contributed by atoms with van der Waals surface area (Å²) < 4.78 is 28.6. The van der Waals surface area contributed by atoms with E-state index in [0.29, 0.717) is 16.7 Å². The van der Waals surface area contributed by atoms with Crippen molar-refractivity contribution in [2.24, 2.45) is 5.92 Å². The van der Waals surface area contributed by atoms with Crippen molar-refractivity contribution in [3.63, 3.8) is 0 Å². The number of aryl methyl sites for hydroxylation is 1. The highest BCUT2D eigenvalue weighted by atomic mass is 79.9. The maximum absolute atomic E-state index is 12.2. The molecule has 2 aliphatic rings. The van der Waals surface area contributed by atoms with Crippen molar-refractivity contribution >= 4 is 37.3 Å². The smallest absolute Gasteiger partial charge is 0.250 e. The fourth-order valence-corrected chi connectivity index (χ4v) is 6.05. The van der Waals surface area contributed by atoms with E-state index in [0.717, 1.165) is 34.9 Å². The second-order valence-electron chi connectivity index (χ2n) is 5.75. The van der Waals surface area contributed by atoms with E-state index in [9.17, 15) is 8.42 Å². The minimum absolute atomic E-state index is 0.402. The second-order valence-corrected chi connectivity index (χ2v) is 10.1. The fraction of sp³-hybridized carbons (Fsp3) is 0.692. The van der Waals surface area contributed by atoms with Gasteiger partial charge in [0, 0.05) is 19.1 Å². The highest BCUT2D eigenvalue weighted by Crippen LogP contribution is 2.32. The average molecular weight is 379 g/mol. The molecular formula is C13H19BrN2O2S2. The van der Waals surface area contributed by atoms with Crippen LogP contribution in [0.15, 0.2) is 14.1 Å². The summed E-state index contributed by atoms with van der Waals surface area (Å²) in [4.78, 5) is 2.50. The van der Waals surface area contributed by atoms with E-state index >= 15 is 0 Å². The van der Waals surface area contributed by atoms with Gasteiger partial charge < -0.3 is 4.90 Å². The molecular weight excluding hydrogens is 360 g/mol. The largest absolute Gasteiger partial charge is 0.300 e. The van der Waals surface area contributed by atoms with Crippen LogP contribution in [0.1, 0.15) is 24.8 Å². The lowest BCUT2D eigenvalue weighted by Gasteiger charge is -2.15. The SMILES string of the molecule is Cc1cc(S(=O)(=O)NCC2CCN(C3CC3)C2)sc1Br. The van der Waals surface area contributed by atoms with E-state index in [1.165, 1.54) is 24.2 Å². The summed E-state index contributed by atoms with van der Waals surface area (Å²) in [5, 5.41) is 0. The van der Waals surface area contributed by atoms with Crippen molar-refractivity contribution in [1.29, 1.82) is 0 Å². The number of sulfonamides is 1. The molecule has 1 N–H and O–H groups in total. The minimum atomic E-state index is -3.35. The summed E-state index contributed by atoms with van der Waals surface area (Å²) in [5.74, 6) is 0.454. The molecule has 1 atom stereocenters. The first-order chi connectivity index (χ1) is 9.45. The van der Waals surface area contributed by atoms with Gasteiger partial charge in [-0.25, -0.2) is 13.1 Å². The first-order valence-electron chi connectivity index (χ1n) is 6.95. The molecule has 0 aromatic carbocycles. The Hall–Kier alpha value is 0.0500. The molecule has 2 fully saturated rings. The van der Waals surface area contributed by atoms with Gasteiger partial charge in [0.15, 0.2) is 0 Å². The first-order valence-corrected chi connectivity index (χ1v) is 10.0. The second kappa shape index (κ2) is 5.68. The molecule has 1 aliphatic heterocycles. The minimum Gasteiger partial charge on any atom is -0.300 e. The molecule has 1 saturated carbocycles. The first kappa shape index (κ1) is 15.0. The molecule has 1 saturated heterocycles. The number of likely N-dealkylation sites (tertiary alicyclic amines) is 1. The summed E-state index contributed by atoms with van der Waals surface area (Å²) in [5.41, 5.74) is 0.969. The number of halogens is 1. The standard InChI is InChI=1S/C13H19BrN2O2S2/c1-9-6-12(19-13(9)14)20(17,18)15-7-10-4-5-16(8-10)11-2-3-11/h6,10-11,15H,2-5,7-8H2,1H3. The van der Waals surface area contributed by atoms with Crippen LogP contribution in [0.25, 0.3) is 0 Å². The van der Waals surface area contributed by atoms with Crippen LogP contribution < -0.4 is 4.72 Å². The predicted molar refractivity (Wildman–Crippen MR) is 84.6 cm³/mol. The Bertz CT molecular complexity index is 576. The van der Waals surface area contributed by atoms with E-state index in [4.69, 9.17) is 0 Å². The number of nitrogens with zero attached hydrogens (tertiary/aromatic N) is 1. The fourth-order valence-electron chi connectivity index (χ4n) is 2.66. The van der Waals surface area contributed by atoms with Crippen LogP contribution in [0, 0.1) is 12.8 Å². The van der Waals surface area contributed by atoms with Crippen molar-refractivity contribution < 1.29 is 8.42 Å². The maximum atomic E-state index is 12.2. The van der Waals surface area contributed by atoms with E-state index in [2.05, 4.69) is 25.6 Å². The van der Waals surface area contributed by atoms with Crippen molar-refractivity contribution in [2.75, 3.05) is 19.6 Å². The van der Waals surface area contributed by atoms with Gasteiger partial charge in [-0.3, -0.25) is 0 Å². The van der Waals surface area contributed by atoms with E-state index in [1.807, 2.05) is 6.92 Å². The number of hydrogen-bond acceptors (Lipinski definition) is 4. The average Bonchev–Trinajstić information content (AvgIpc) is 3.04. The number of thiophene rings is 1. The Morgan fingerprint density at radius 3 is 2.80 bits per heavy atom. The highest BCUT2D eigenvalue weighted by Gasteiger charge is 2.34. The molecule has 0 amide bonds. The van der Waals surface area contributed by atoms with Gasteiger partial charge >= 0.3 is 0 Å². The van der Waals surface area contributed by atoms with Crippen LogP contribution >= 0.6 is 27.3 Å². The molecule has 0 radical (unpaired) electrons. The third kappa shape index (κ3) is 3.27. The van der Waals surface area contributed by atoms with Gasteiger partial charge in [-0.15, -0.1) is 11.3 Å². The zero-order chi connectivity index (χ0) is 14.3. The predicted octanol–water partition coefficient (Wildman–Crippen LogP) is 2.58. The van der Waals surface area contributed by atoms with Crippen molar-refractivity contribution in [2.45, 2.75) is 36.4 Å². The van der Waals surface area contributed by atoms with E-state index in [1.54, 1.807) is 6.07 Å². The number of nitrogens with one attached hydrogen (secondary N) is 1. The molecule has 2 heterocycles. The Kier molecular flexibility index (Phi) is 4.25. The van der Waals surface area contributed by atoms with Gasteiger partial charge in [0.05, 0.1) is 3.79 Å². The molecule has 112 valence electrons. The van der Waals surface area contributed by atoms with Crippen LogP contribution in [0.4, 0.5) is 0 Å². The van der Waals surface area contributed by atoms with Gasteiger partial charge in [0.2, 0.25) is 10.0 Å². The lowest BCUT2D eigenvalue weighted by Crippen LogP contribution is -2.31. The zero-order valence-electron chi connectivity index (χ0n) is 11.4. The lowest BCUT2D eigenvalue weighted by molar-refractivity contribution is 0.314. The van der Waals surface area contributed by atoms with Gasteiger partial charge in [-0.2, -0.15) is 0 Å². The molecule has 1 aromatic rings. The van der Waals surface area contributed by atoms with Gasteiger partial charge in [0.1, 0.15) is 4.21 Å². The molecule has 0 spiro atoms. The topological polar surface area (TPSA) is 49.4 Å². The monoisotopic (exact) mass is 378 g/mol. The summed E-state index contributed by atoms with van der Waals surface area (Å²) in [6, 6.07) is 2.51. The van der Waals surface area contributed by atoms with Crippen molar-refractivity contribution in [3.8, 4) is 0 Å². The van der Waals surface area contributed by atoms with E-state index in [-0.39, 0.29) is 0 Å². The van der Waals surface area contributed by atoms with Crippen LogP contribution in [-0.2, 0) is 10.0 Å². The normalized spacial score (nSPS) is 24.4. The molecule has 1 unspecified atom stereocenters. The van der Waals surface area contributed by atoms with Gasteiger partial charge in [0.25, 0.3) is 0 Å². The Labute approximate surface area is 132 Å².